The van der Waals surface area contributed by atoms with Crippen LogP contribution in [0.3, 0.4) is 0 Å². The minimum absolute atomic E-state index is 0.103. The quantitative estimate of drug-likeness (QED) is 0.662. The number of hydrogen-bond acceptors (Lipinski definition) is 3. The van der Waals surface area contributed by atoms with Crippen LogP contribution in [0.5, 0.6) is 0 Å². The smallest absolute Gasteiger partial charge is 0.310 e. The number of carbonyl (C=O) groups excluding carboxylic acids is 2. The van der Waals surface area contributed by atoms with Crippen molar-refractivity contribution < 1.29 is 14.3 Å². The van der Waals surface area contributed by atoms with E-state index in [-0.39, 0.29) is 24.4 Å². The summed E-state index contributed by atoms with van der Waals surface area (Å²) in [6, 6.07) is 15.1. The summed E-state index contributed by atoms with van der Waals surface area (Å²) in [6.07, 6.45) is 4.23. The number of rotatable bonds is 6. The molecule has 2 atom stereocenters. The van der Waals surface area contributed by atoms with Crippen molar-refractivity contribution in [3.05, 3.63) is 64.7 Å². The molecule has 0 aliphatic heterocycles. The fourth-order valence-electron chi connectivity index (χ4n) is 3.67. The maximum atomic E-state index is 12.8. The van der Waals surface area contributed by atoms with Crippen LogP contribution in [0.4, 0.5) is 5.69 Å². The summed E-state index contributed by atoms with van der Waals surface area (Å²) in [7, 11) is 0. The van der Waals surface area contributed by atoms with Crippen molar-refractivity contribution in [3.8, 4) is 0 Å². The summed E-state index contributed by atoms with van der Waals surface area (Å²) in [4.78, 5) is 25.5. The van der Waals surface area contributed by atoms with Gasteiger partial charge in [-0.2, -0.15) is 0 Å². The summed E-state index contributed by atoms with van der Waals surface area (Å²) >= 11 is 5.98. The van der Waals surface area contributed by atoms with Crippen LogP contribution in [0.15, 0.2) is 48.5 Å². The fraction of sp³-hybridized carbons (Fsp3) is 0.391. The standard InChI is InChI=1S/C23H26ClNO3/c1-2-16-10-12-19(13-11-16)25-22(26)20-8-3-4-9-21(20)23(27)28-15-17-6-5-7-18(24)14-17/h5-7,10-14,20-21H,2-4,8-9,15H2,1H3,(H,25,26)/t20-,21+/m0/s1. The van der Waals surface area contributed by atoms with Crippen LogP contribution in [0.2, 0.25) is 5.02 Å². The van der Waals surface area contributed by atoms with Crippen molar-refractivity contribution in [2.24, 2.45) is 11.8 Å². The number of carbonyl (C=O) groups is 2. The Bertz CT molecular complexity index is 819. The van der Waals surface area contributed by atoms with Gasteiger partial charge in [-0.1, -0.05) is 55.6 Å². The first-order valence-electron chi connectivity index (χ1n) is 9.87. The van der Waals surface area contributed by atoms with Gasteiger partial charge in [-0.25, -0.2) is 0 Å². The number of amides is 1. The van der Waals surface area contributed by atoms with E-state index in [4.69, 9.17) is 16.3 Å². The Balaban J connectivity index is 1.61. The molecule has 0 unspecified atom stereocenters. The Morgan fingerprint density at radius 2 is 1.75 bits per heavy atom. The highest BCUT2D eigenvalue weighted by atomic mass is 35.5. The third-order valence-corrected chi connectivity index (χ3v) is 5.54. The molecule has 1 fully saturated rings. The summed E-state index contributed by atoms with van der Waals surface area (Å²) < 4.78 is 5.51. The largest absolute Gasteiger partial charge is 0.461 e. The first-order valence-corrected chi connectivity index (χ1v) is 10.3. The van der Waals surface area contributed by atoms with Gasteiger partial charge in [-0.3, -0.25) is 9.59 Å². The molecule has 0 bridgehead atoms. The lowest BCUT2D eigenvalue weighted by molar-refractivity contribution is -0.155. The van der Waals surface area contributed by atoms with E-state index in [9.17, 15) is 9.59 Å². The van der Waals surface area contributed by atoms with Gasteiger partial charge in [-0.15, -0.1) is 0 Å². The molecule has 1 saturated carbocycles. The topological polar surface area (TPSA) is 55.4 Å². The zero-order chi connectivity index (χ0) is 19.9. The van der Waals surface area contributed by atoms with E-state index in [1.807, 2.05) is 36.4 Å². The molecule has 1 N–H and O–H groups in total. The molecule has 0 radical (unpaired) electrons. The van der Waals surface area contributed by atoms with Crippen molar-refractivity contribution >= 4 is 29.2 Å². The molecule has 5 heteroatoms. The Labute approximate surface area is 171 Å². The Morgan fingerprint density at radius 3 is 2.43 bits per heavy atom. The highest BCUT2D eigenvalue weighted by molar-refractivity contribution is 6.30. The lowest BCUT2D eigenvalue weighted by Gasteiger charge is -2.29. The molecule has 0 heterocycles. The molecule has 28 heavy (non-hydrogen) atoms. The number of anilines is 1. The number of benzene rings is 2. The van der Waals surface area contributed by atoms with Gasteiger partial charge in [0.05, 0.1) is 11.8 Å². The van der Waals surface area contributed by atoms with E-state index < -0.39 is 5.92 Å². The van der Waals surface area contributed by atoms with E-state index in [1.54, 1.807) is 12.1 Å². The van der Waals surface area contributed by atoms with Crippen molar-refractivity contribution in [1.29, 1.82) is 0 Å². The fourth-order valence-corrected chi connectivity index (χ4v) is 3.89. The van der Waals surface area contributed by atoms with Crippen molar-refractivity contribution in [1.82, 2.24) is 0 Å². The second-order valence-electron chi connectivity index (χ2n) is 7.27. The second-order valence-corrected chi connectivity index (χ2v) is 7.71. The van der Waals surface area contributed by atoms with Gasteiger partial charge in [0.15, 0.2) is 0 Å². The zero-order valence-electron chi connectivity index (χ0n) is 16.1. The number of hydrogen-bond donors (Lipinski definition) is 1. The van der Waals surface area contributed by atoms with Crippen LogP contribution < -0.4 is 5.32 Å². The van der Waals surface area contributed by atoms with Crippen LogP contribution in [-0.4, -0.2) is 11.9 Å². The van der Waals surface area contributed by atoms with Crippen molar-refractivity contribution in [3.63, 3.8) is 0 Å². The average molecular weight is 400 g/mol. The molecule has 4 nitrogen and oxygen atoms in total. The number of ether oxygens (including phenoxy) is 1. The normalized spacial score (nSPS) is 19.1. The van der Waals surface area contributed by atoms with Gasteiger partial charge in [-0.05, 0) is 54.7 Å². The minimum atomic E-state index is -0.400. The molecule has 1 aliphatic carbocycles. The molecular formula is C23H26ClNO3. The molecular weight excluding hydrogens is 374 g/mol. The number of esters is 1. The summed E-state index contributed by atoms with van der Waals surface area (Å²) in [5.74, 6) is -1.16. The molecule has 1 amide bonds. The number of aryl methyl sites for hydroxylation is 1. The summed E-state index contributed by atoms with van der Waals surface area (Å²) in [5, 5.41) is 3.57. The molecule has 2 aromatic rings. The molecule has 2 aromatic carbocycles. The van der Waals surface area contributed by atoms with Gasteiger partial charge in [0, 0.05) is 10.7 Å². The predicted octanol–water partition coefficient (Wildman–Crippen LogP) is 5.39. The number of nitrogens with one attached hydrogen (secondary N) is 1. The van der Waals surface area contributed by atoms with Gasteiger partial charge in [0.25, 0.3) is 0 Å². The van der Waals surface area contributed by atoms with Crippen molar-refractivity contribution in [2.45, 2.75) is 45.6 Å². The maximum absolute atomic E-state index is 12.8. The number of halogens is 1. The van der Waals surface area contributed by atoms with Crippen LogP contribution in [0.25, 0.3) is 0 Å². The van der Waals surface area contributed by atoms with Gasteiger partial charge in [0.2, 0.25) is 5.91 Å². The third-order valence-electron chi connectivity index (χ3n) is 5.31. The van der Waals surface area contributed by atoms with Gasteiger partial charge >= 0.3 is 5.97 Å². The van der Waals surface area contributed by atoms with Gasteiger partial charge in [0.1, 0.15) is 6.61 Å². The third kappa shape index (κ3) is 5.35. The zero-order valence-corrected chi connectivity index (χ0v) is 16.9. The minimum Gasteiger partial charge on any atom is -0.461 e. The Kier molecular flexibility index (Phi) is 7.10. The van der Waals surface area contributed by atoms with E-state index in [1.165, 1.54) is 5.56 Å². The Morgan fingerprint density at radius 1 is 1.04 bits per heavy atom. The monoisotopic (exact) mass is 399 g/mol. The maximum Gasteiger partial charge on any atom is 0.310 e. The van der Waals surface area contributed by atoms with Crippen LogP contribution in [0.1, 0.15) is 43.7 Å². The van der Waals surface area contributed by atoms with E-state index >= 15 is 0 Å². The van der Waals surface area contributed by atoms with Crippen LogP contribution in [-0.2, 0) is 27.4 Å². The molecule has 0 saturated heterocycles. The summed E-state index contributed by atoms with van der Waals surface area (Å²) in [6.45, 7) is 2.26. The molecule has 0 spiro atoms. The highest BCUT2D eigenvalue weighted by Gasteiger charge is 2.36. The lowest BCUT2D eigenvalue weighted by atomic mass is 9.78. The Hall–Kier alpha value is -2.33. The van der Waals surface area contributed by atoms with Crippen molar-refractivity contribution in [2.75, 3.05) is 5.32 Å². The van der Waals surface area contributed by atoms with E-state index in [2.05, 4.69) is 12.2 Å². The molecule has 3 rings (SSSR count). The van der Waals surface area contributed by atoms with Gasteiger partial charge < -0.3 is 10.1 Å². The summed E-state index contributed by atoms with van der Waals surface area (Å²) in [5.41, 5.74) is 2.82. The second kappa shape index (κ2) is 9.74. The van der Waals surface area contributed by atoms with E-state index in [0.717, 1.165) is 30.5 Å². The predicted molar refractivity (Wildman–Crippen MR) is 111 cm³/mol. The van der Waals surface area contributed by atoms with E-state index in [0.29, 0.717) is 17.9 Å². The molecule has 1 aliphatic rings. The SMILES string of the molecule is CCc1ccc(NC(=O)[C@H]2CCCC[C@H]2C(=O)OCc2cccc(Cl)c2)cc1. The molecule has 0 aromatic heterocycles. The van der Waals surface area contributed by atoms with Crippen LogP contribution >= 0.6 is 11.6 Å². The lowest BCUT2D eigenvalue weighted by Crippen LogP contribution is -2.37. The first-order chi connectivity index (χ1) is 13.6. The highest BCUT2D eigenvalue weighted by Crippen LogP contribution is 2.32. The average Bonchev–Trinajstić information content (AvgIpc) is 2.72. The van der Waals surface area contributed by atoms with Crippen LogP contribution in [0, 0.1) is 11.8 Å². The molecule has 148 valence electrons. The first kappa shape index (κ1) is 20.4.